The van der Waals surface area contributed by atoms with Crippen molar-refractivity contribution in [2.75, 3.05) is 47.5 Å². The summed E-state index contributed by atoms with van der Waals surface area (Å²) in [6.45, 7) is 3.29. The first-order valence-corrected chi connectivity index (χ1v) is 12.5. The van der Waals surface area contributed by atoms with Crippen LogP contribution in [0.1, 0.15) is 0 Å². The fraction of sp³-hybridized carbons (Fsp3) is 0.217. The van der Waals surface area contributed by atoms with Gasteiger partial charge in [0.25, 0.3) is 0 Å². The molecule has 1 aliphatic heterocycles. The summed E-state index contributed by atoms with van der Waals surface area (Å²) in [5, 5.41) is 7.91. The third-order valence-electron chi connectivity index (χ3n) is 5.36. The Bertz CT molecular complexity index is 1380. The largest absolute Gasteiger partial charge is 0.378 e. The van der Waals surface area contributed by atoms with Gasteiger partial charge in [0.05, 0.1) is 36.9 Å². The zero-order valence-corrected chi connectivity index (χ0v) is 18.9. The van der Waals surface area contributed by atoms with Crippen molar-refractivity contribution in [1.82, 2.24) is 14.6 Å². The van der Waals surface area contributed by atoms with Crippen molar-refractivity contribution in [2.45, 2.75) is 0 Å². The van der Waals surface area contributed by atoms with Crippen LogP contribution < -0.4 is 14.9 Å². The molecule has 0 saturated carbocycles. The van der Waals surface area contributed by atoms with E-state index in [2.05, 4.69) is 37.2 Å². The number of nitrogens with one attached hydrogen (secondary N) is 2. The molecule has 9 nitrogen and oxygen atoms in total. The molecular formula is C23H24N6O3S. The van der Waals surface area contributed by atoms with E-state index in [4.69, 9.17) is 4.74 Å². The number of morpholine rings is 1. The zero-order chi connectivity index (χ0) is 22.8. The van der Waals surface area contributed by atoms with Crippen LogP contribution in [-0.2, 0) is 14.8 Å². The van der Waals surface area contributed by atoms with Gasteiger partial charge in [0.2, 0.25) is 16.0 Å². The summed E-state index contributed by atoms with van der Waals surface area (Å²) < 4.78 is 32.9. The standard InChI is InChI=1S/C23H24N6O3S/c1-33(30,31)27-19-4-2-3-17(15-19)22-10-9-21-16-24-23(26-29(21)22)25-18-5-7-20(8-6-18)28-11-13-32-14-12-28/h2-10,15-16,27H,11-14H2,1H3,(H,25,26). The van der Waals surface area contributed by atoms with Crippen LogP contribution in [0.5, 0.6) is 0 Å². The van der Waals surface area contributed by atoms with Crippen molar-refractivity contribution in [1.29, 1.82) is 0 Å². The van der Waals surface area contributed by atoms with Gasteiger partial charge in [-0.1, -0.05) is 12.1 Å². The summed E-state index contributed by atoms with van der Waals surface area (Å²) in [7, 11) is -3.36. The van der Waals surface area contributed by atoms with E-state index in [1.807, 2.05) is 30.3 Å². The molecule has 0 spiro atoms. The van der Waals surface area contributed by atoms with Crippen LogP contribution in [0.25, 0.3) is 16.8 Å². The minimum atomic E-state index is -3.36. The van der Waals surface area contributed by atoms with Gasteiger partial charge in [-0.05, 0) is 48.5 Å². The minimum absolute atomic E-state index is 0.462. The first-order valence-electron chi connectivity index (χ1n) is 10.6. The van der Waals surface area contributed by atoms with Gasteiger partial charge in [-0.3, -0.25) is 4.72 Å². The lowest BCUT2D eigenvalue weighted by Gasteiger charge is -2.28. The normalized spacial score (nSPS) is 14.4. The smallest absolute Gasteiger partial charge is 0.245 e. The average molecular weight is 465 g/mol. The third kappa shape index (κ3) is 4.91. The predicted octanol–water partition coefficient (Wildman–Crippen LogP) is 3.35. The first-order chi connectivity index (χ1) is 15.9. The Balaban J connectivity index is 1.39. The monoisotopic (exact) mass is 464 g/mol. The van der Waals surface area contributed by atoms with Gasteiger partial charge in [-0.15, -0.1) is 5.10 Å². The fourth-order valence-electron chi connectivity index (χ4n) is 3.84. The van der Waals surface area contributed by atoms with Gasteiger partial charge in [0.15, 0.2) is 0 Å². The Labute approximate surface area is 192 Å². The highest BCUT2D eigenvalue weighted by Crippen LogP contribution is 2.26. The van der Waals surface area contributed by atoms with E-state index < -0.39 is 10.0 Å². The molecule has 2 aromatic carbocycles. The van der Waals surface area contributed by atoms with Gasteiger partial charge in [-0.25, -0.2) is 17.9 Å². The van der Waals surface area contributed by atoms with E-state index >= 15 is 0 Å². The lowest BCUT2D eigenvalue weighted by Crippen LogP contribution is -2.36. The van der Waals surface area contributed by atoms with Gasteiger partial charge in [0.1, 0.15) is 0 Å². The molecule has 0 amide bonds. The zero-order valence-electron chi connectivity index (χ0n) is 18.1. The van der Waals surface area contributed by atoms with E-state index in [-0.39, 0.29) is 0 Å². The quantitative estimate of drug-likeness (QED) is 0.451. The number of fused-ring (bicyclic) bond motifs is 1. The maximum absolute atomic E-state index is 11.6. The van der Waals surface area contributed by atoms with E-state index in [1.54, 1.807) is 28.9 Å². The van der Waals surface area contributed by atoms with Crippen molar-refractivity contribution in [2.24, 2.45) is 0 Å². The summed E-state index contributed by atoms with van der Waals surface area (Å²) in [6, 6.07) is 19.2. The number of sulfonamides is 1. The van der Waals surface area contributed by atoms with Crippen LogP contribution in [0.15, 0.2) is 66.9 Å². The van der Waals surface area contributed by atoms with Crippen molar-refractivity contribution in [3.05, 3.63) is 66.9 Å². The Morgan fingerprint density at radius 3 is 2.52 bits per heavy atom. The molecule has 1 saturated heterocycles. The SMILES string of the molecule is CS(=O)(=O)Nc1cccc(-c2ccc3cnc(Nc4ccc(N5CCOCC5)cc4)nn23)c1. The van der Waals surface area contributed by atoms with Gasteiger partial charge in [0, 0.05) is 35.7 Å². The summed E-state index contributed by atoms with van der Waals surface area (Å²) in [5.41, 5.74) is 5.05. The van der Waals surface area contributed by atoms with Crippen LogP contribution in [0, 0.1) is 0 Å². The van der Waals surface area contributed by atoms with E-state index in [0.717, 1.165) is 60.7 Å². The lowest BCUT2D eigenvalue weighted by atomic mass is 10.1. The van der Waals surface area contributed by atoms with Crippen molar-refractivity contribution in [3.8, 4) is 11.3 Å². The highest BCUT2D eigenvalue weighted by atomic mass is 32.2. The lowest BCUT2D eigenvalue weighted by molar-refractivity contribution is 0.122. The maximum atomic E-state index is 11.6. The molecule has 1 aliphatic rings. The molecule has 4 aromatic rings. The Hall–Kier alpha value is -3.63. The second kappa shape index (κ2) is 8.72. The number of ether oxygens (including phenoxy) is 1. The molecule has 33 heavy (non-hydrogen) atoms. The Morgan fingerprint density at radius 2 is 1.76 bits per heavy atom. The molecule has 1 fully saturated rings. The number of aromatic nitrogens is 3. The molecule has 0 bridgehead atoms. The van der Waals surface area contributed by atoms with Crippen molar-refractivity contribution >= 4 is 38.6 Å². The minimum Gasteiger partial charge on any atom is -0.378 e. The number of nitrogens with zero attached hydrogens (tertiary/aromatic N) is 4. The molecule has 10 heteroatoms. The summed E-state index contributed by atoms with van der Waals surface area (Å²) in [5.74, 6) is 0.462. The van der Waals surface area contributed by atoms with Crippen LogP contribution in [0.4, 0.5) is 23.0 Å². The van der Waals surface area contributed by atoms with Crippen LogP contribution >= 0.6 is 0 Å². The second-order valence-electron chi connectivity index (χ2n) is 7.86. The highest BCUT2D eigenvalue weighted by Gasteiger charge is 2.12. The molecule has 0 unspecified atom stereocenters. The number of anilines is 4. The highest BCUT2D eigenvalue weighted by molar-refractivity contribution is 7.92. The van der Waals surface area contributed by atoms with Crippen molar-refractivity contribution in [3.63, 3.8) is 0 Å². The van der Waals surface area contributed by atoms with E-state index in [1.165, 1.54) is 0 Å². The number of hydrogen-bond donors (Lipinski definition) is 2. The van der Waals surface area contributed by atoms with Gasteiger partial charge < -0.3 is 15.0 Å². The average Bonchev–Trinajstić information content (AvgIpc) is 3.23. The number of rotatable bonds is 6. The molecule has 0 radical (unpaired) electrons. The predicted molar refractivity (Wildman–Crippen MR) is 130 cm³/mol. The molecule has 3 heterocycles. The van der Waals surface area contributed by atoms with Crippen LogP contribution in [-0.4, -0.2) is 55.6 Å². The summed E-state index contributed by atoms with van der Waals surface area (Å²) in [6.07, 6.45) is 2.88. The number of hydrogen-bond acceptors (Lipinski definition) is 7. The summed E-state index contributed by atoms with van der Waals surface area (Å²) >= 11 is 0. The van der Waals surface area contributed by atoms with Crippen LogP contribution in [0.2, 0.25) is 0 Å². The van der Waals surface area contributed by atoms with Gasteiger partial charge >= 0.3 is 0 Å². The van der Waals surface area contributed by atoms with Gasteiger partial charge in [-0.2, -0.15) is 0 Å². The first kappa shape index (κ1) is 21.2. The molecule has 0 atom stereocenters. The third-order valence-corrected chi connectivity index (χ3v) is 5.97. The second-order valence-corrected chi connectivity index (χ2v) is 9.61. The fourth-order valence-corrected chi connectivity index (χ4v) is 4.39. The molecule has 0 aliphatic carbocycles. The molecule has 2 aromatic heterocycles. The molecule has 5 rings (SSSR count). The Morgan fingerprint density at radius 1 is 0.970 bits per heavy atom. The summed E-state index contributed by atoms with van der Waals surface area (Å²) in [4.78, 5) is 6.73. The topological polar surface area (TPSA) is 101 Å². The molecule has 170 valence electrons. The van der Waals surface area contributed by atoms with E-state index in [9.17, 15) is 8.42 Å². The van der Waals surface area contributed by atoms with E-state index in [0.29, 0.717) is 11.6 Å². The van der Waals surface area contributed by atoms with Crippen molar-refractivity contribution < 1.29 is 13.2 Å². The molecule has 2 N–H and O–H groups in total. The number of benzene rings is 2. The maximum Gasteiger partial charge on any atom is 0.245 e. The van der Waals surface area contributed by atoms with Crippen LogP contribution in [0.3, 0.4) is 0 Å². The molecular weight excluding hydrogens is 440 g/mol. The Kier molecular flexibility index (Phi) is 5.61.